The first-order valence-electron chi connectivity index (χ1n) is 6.94. The normalized spacial score (nSPS) is 10.2. The molecule has 23 heavy (non-hydrogen) atoms. The second kappa shape index (κ2) is 8.93. The fraction of sp³-hybridized carbons (Fsp3) is 0.176. The minimum atomic E-state index is -0.406. The van der Waals surface area contributed by atoms with E-state index in [1.807, 2.05) is 49.4 Å². The Bertz CT molecular complexity index is 706. The number of hydrogen-bond acceptors (Lipinski definition) is 4. The van der Waals surface area contributed by atoms with Crippen LogP contribution in [0.2, 0.25) is 0 Å². The average Bonchev–Trinajstić information content (AvgIpc) is 2.54. The molecule has 0 atom stereocenters. The number of hydrogen-bond donors (Lipinski definition) is 1. The second-order valence-electron chi connectivity index (χ2n) is 4.74. The molecule has 1 N–H and O–H groups in total. The molecule has 1 amide bonds. The molecule has 0 radical (unpaired) electrons. The van der Waals surface area contributed by atoms with Crippen LogP contribution in [-0.4, -0.2) is 24.2 Å². The Kier molecular flexibility index (Phi) is 6.91. The molecule has 2 aromatic rings. The van der Waals surface area contributed by atoms with Crippen LogP contribution in [0.15, 0.2) is 53.4 Å². The third-order valence-electron chi connectivity index (χ3n) is 2.95. The molecule has 0 aliphatic carbocycles. The smallest absolute Gasteiger partial charge is 0.316 e. The van der Waals surface area contributed by atoms with Crippen LogP contribution in [0.5, 0.6) is 0 Å². The van der Waals surface area contributed by atoms with E-state index in [1.165, 1.54) is 11.8 Å². The Morgan fingerprint density at radius 3 is 2.57 bits per heavy atom. The van der Waals surface area contributed by atoms with Gasteiger partial charge < -0.3 is 10.1 Å². The summed E-state index contributed by atoms with van der Waals surface area (Å²) in [6.07, 6.45) is 0. The molecule has 2 aromatic carbocycles. The SMILES string of the molecule is Cc1ccccc1SCC(=O)OCC(=O)Nc1ccccc1I. The van der Waals surface area contributed by atoms with Gasteiger partial charge in [0, 0.05) is 8.47 Å². The largest absolute Gasteiger partial charge is 0.455 e. The summed E-state index contributed by atoms with van der Waals surface area (Å²) in [5, 5.41) is 2.72. The third-order valence-corrected chi connectivity index (χ3v) is 5.04. The molecule has 0 fully saturated rings. The summed E-state index contributed by atoms with van der Waals surface area (Å²) in [5.41, 5.74) is 1.82. The van der Waals surface area contributed by atoms with Crippen molar-refractivity contribution in [3.8, 4) is 0 Å². The van der Waals surface area contributed by atoms with E-state index in [0.29, 0.717) is 5.69 Å². The molecule has 0 saturated carbocycles. The maximum atomic E-state index is 11.8. The summed E-state index contributed by atoms with van der Waals surface area (Å²) >= 11 is 3.54. The first-order chi connectivity index (χ1) is 11.1. The molecule has 2 rings (SSSR count). The quantitative estimate of drug-likeness (QED) is 0.420. The average molecular weight is 441 g/mol. The van der Waals surface area contributed by atoms with E-state index < -0.39 is 5.97 Å². The van der Waals surface area contributed by atoms with Gasteiger partial charge in [0.15, 0.2) is 6.61 Å². The summed E-state index contributed by atoms with van der Waals surface area (Å²) in [5.74, 6) is -0.569. The van der Waals surface area contributed by atoms with E-state index in [-0.39, 0.29) is 18.3 Å². The van der Waals surface area contributed by atoms with Gasteiger partial charge in [0.1, 0.15) is 0 Å². The van der Waals surface area contributed by atoms with Gasteiger partial charge in [0.25, 0.3) is 5.91 Å². The molecule has 6 heteroatoms. The van der Waals surface area contributed by atoms with Crippen molar-refractivity contribution in [2.24, 2.45) is 0 Å². The number of esters is 1. The van der Waals surface area contributed by atoms with E-state index in [1.54, 1.807) is 6.07 Å². The van der Waals surface area contributed by atoms with Gasteiger partial charge in [-0.25, -0.2) is 0 Å². The molecule has 120 valence electrons. The number of rotatable bonds is 6. The number of ether oxygens (including phenoxy) is 1. The number of carbonyl (C=O) groups excluding carboxylic acids is 2. The van der Waals surface area contributed by atoms with Crippen LogP contribution in [0.1, 0.15) is 5.56 Å². The predicted molar refractivity (Wildman–Crippen MR) is 101 cm³/mol. The van der Waals surface area contributed by atoms with Crippen molar-refractivity contribution in [3.05, 3.63) is 57.7 Å². The van der Waals surface area contributed by atoms with Crippen molar-refractivity contribution >= 4 is 51.9 Å². The van der Waals surface area contributed by atoms with Gasteiger partial charge in [0.2, 0.25) is 0 Å². The van der Waals surface area contributed by atoms with E-state index in [2.05, 4.69) is 27.9 Å². The number of nitrogens with one attached hydrogen (secondary N) is 1. The van der Waals surface area contributed by atoms with Crippen molar-refractivity contribution in [2.75, 3.05) is 17.7 Å². The van der Waals surface area contributed by atoms with Crippen LogP contribution in [0, 0.1) is 10.5 Å². The molecule has 0 aromatic heterocycles. The summed E-state index contributed by atoms with van der Waals surface area (Å²) in [7, 11) is 0. The number of benzene rings is 2. The zero-order valence-corrected chi connectivity index (χ0v) is 15.5. The first kappa shape index (κ1) is 17.8. The van der Waals surface area contributed by atoms with Gasteiger partial charge in [-0.05, 0) is 53.3 Å². The number of anilines is 1. The Hall–Kier alpha value is -1.54. The summed E-state index contributed by atoms with van der Waals surface area (Å²) in [6, 6.07) is 15.2. The van der Waals surface area contributed by atoms with Crippen LogP contribution >= 0.6 is 34.4 Å². The Balaban J connectivity index is 1.75. The fourth-order valence-electron chi connectivity index (χ4n) is 1.79. The highest BCUT2D eigenvalue weighted by atomic mass is 127. The highest BCUT2D eigenvalue weighted by molar-refractivity contribution is 14.1. The number of aryl methyl sites for hydroxylation is 1. The lowest BCUT2D eigenvalue weighted by Crippen LogP contribution is -2.22. The van der Waals surface area contributed by atoms with Crippen molar-refractivity contribution in [3.63, 3.8) is 0 Å². The maximum absolute atomic E-state index is 11.8. The standard InChI is InChI=1S/C17H16INO3S/c1-12-6-2-5-9-15(12)23-11-17(21)22-10-16(20)19-14-8-4-3-7-13(14)18/h2-9H,10-11H2,1H3,(H,19,20). The summed E-state index contributed by atoms with van der Waals surface area (Å²) in [6.45, 7) is 1.71. The fourth-order valence-corrected chi connectivity index (χ4v) is 3.14. The van der Waals surface area contributed by atoms with Gasteiger partial charge in [-0.15, -0.1) is 11.8 Å². The van der Waals surface area contributed by atoms with Gasteiger partial charge in [-0.2, -0.15) is 0 Å². The molecule has 0 spiro atoms. The number of carbonyl (C=O) groups is 2. The molecule has 0 saturated heterocycles. The van der Waals surface area contributed by atoms with E-state index in [4.69, 9.17) is 4.74 Å². The van der Waals surface area contributed by atoms with Gasteiger partial charge in [-0.3, -0.25) is 9.59 Å². The zero-order chi connectivity index (χ0) is 16.7. The van der Waals surface area contributed by atoms with Crippen LogP contribution in [0.3, 0.4) is 0 Å². The van der Waals surface area contributed by atoms with E-state index in [0.717, 1.165) is 14.0 Å². The first-order valence-corrected chi connectivity index (χ1v) is 9.01. The number of amides is 1. The van der Waals surface area contributed by atoms with Crippen LogP contribution in [0.4, 0.5) is 5.69 Å². The lowest BCUT2D eigenvalue weighted by atomic mass is 10.2. The molecule has 4 nitrogen and oxygen atoms in total. The van der Waals surface area contributed by atoms with Gasteiger partial charge in [0.05, 0.1) is 11.4 Å². The van der Waals surface area contributed by atoms with Crippen molar-refractivity contribution in [2.45, 2.75) is 11.8 Å². The maximum Gasteiger partial charge on any atom is 0.316 e. The lowest BCUT2D eigenvalue weighted by Gasteiger charge is -2.08. The zero-order valence-electron chi connectivity index (χ0n) is 12.5. The highest BCUT2D eigenvalue weighted by Gasteiger charge is 2.10. The summed E-state index contributed by atoms with van der Waals surface area (Å²) < 4.78 is 5.93. The Morgan fingerprint density at radius 1 is 1.13 bits per heavy atom. The van der Waals surface area contributed by atoms with Gasteiger partial charge in [-0.1, -0.05) is 30.3 Å². The van der Waals surface area contributed by atoms with E-state index >= 15 is 0 Å². The molecule has 0 aliphatic rings. The number of thioether (sulfide) groups is 1. The van der Waals surface area contributed by atoms with Crippen LogP contribution in [0.25, 0.3) is 0 Å². The topological polar surface area (TPSA) is 55.4 Å². The van der Waals surface area contributed by atoms with Crippen molar-refractivity contribution in [1.29, 1.82) is 0 Å². The lowest BCUT2D eigenvalue weighted by molar-refractivity contribution is -0.144. The van der Waals surface area contributed by atoms with Crippen LogP contribution in [-0.2, 0) is 14.3 Å². The third kappa shape index (κ3) is 5.87. The molecular formula is C17H16INO3S. The van der Waals surface area contributed by atoms with Crippen LogP contribution < -0.4 is 5.32 Å². The summed E-state index contributed by atoms with van der Waals surface area (Å²) in [4.78, 5) is 24.6. The van der Waals surface area contributed by atoms with Gasteiger partial charge >= 0.3 is 5.97 Å². The molecule has 0 unspecified atom stereocenters. The Morgan fingerprint density at radius 2 is 1.83 bits per heavy atom. The van der Waals surface area contributed by atoms with Crippen molar-refractivity contribution in [1.82, 2.24) is 0 Å². The molecule has 0 heterocycles. The number of halogens is 1. The molecule has 0 bridgehead atoms. The molecular weight excluding hydrogens is 425 g/mol. The highest BCUT2D eigenvalue weighted by Crippen LogP contribution is 2.21. The number of para-hydroxylation sites is 1. The molecule has 0 aliphatic heterocycles. The van der Waals surface area contributed by atoms with Crippen molar-refractivity contribution < 1.29 is 14.3 Å². The Labute approximate surface area is 153 Å². The van der Waals surface area contributed by atoms with E-state index in [9.17, 15) is 9.59 Å². The second-order valence-corrected chi connectivity index (χ2v) is 6.92. The minimum absolute atomic E-state index is 0.182. The minimum Gasteiger partial charge on any atom is -0.455 e. The monoisotopic (exact) mass is 441 g/mol. The predicted octanol–water partition coefficient (Wildman–Crippen LogP) is 3.87.